The van der Waals surface area contributed by atoms with Gasteiger partial charge in [-0.2, -0.15) is 0 Å². The molecule has 192 valence electrons. The predicted molar refractivity (Wildman–Crippen MR) is 145 cm³/mol. The molecule has 0 bridgehead atoms. The summed E-state index contributed by atoms with van der Waals surface area (Å²) in [6.45, 7) is 9.37. The summed E-state index contributed by atoms with van der Waals surface area (Å²) >= 11 is 3.43. The second kappa shape index (κ2) is 12.5. The van der Waals surface area contributed by atoms with Gasteiger partial charge in [-0.1, -0.05) is 59.6 Å². The van der Waals surface area contributed by atoms with Crippen molar-refractivity contribution in [2.24, 2.45) is 0 Å². The van der Waals surface area contributed by atoms with Crippen LogP contribution in [0.25, 0.3) is 0 Å². The van der Waals surface area contributed by atoms with E-state index in [0.717, 1.165) is 38.1 Å². The molecule has 0 radical (unpaired) electrons. The van der Waals surface area contributed by atoms with E-state index >= 15 is 0 Å². The first kappa shape index (κ1) is 28.8. The van der Waals surface area contributed by atoms with Crippen molar-refractivity contribution in [2.45, 2.75) is 66.1 Å². The average Bonchev–Trinajstić information content (AvgIpc) is 2.79. The second-order valence-electron chi connectivity index (χ2n) is 8.95. The summed E-state index contributed by atoms with van der Waals surface area (Å²) in [6.07, 6.45) is 2.24. The Bertz CT molecular complexity index is 1140. The third-order valence-corrected chi connectivity index (χ3v) is 8.00. The fraction of sp³-hybridized carbons (Fsp3) is 0.462. The molecule has 0 fully saturated rings. The maximum absolute atomic E-state index is 13.7. The van der Waals surface area contributed by atoms with Gasteiger partial charge in [0.05, 0.1) is 11.9 Å². The van der Waals surface area contributed by atoms with Gasteiger partial charge < -0.3 is 10.2 Å². The lowest BCUT2D eigenvalue weighted by atomic mass is 10.1. The van der Waals surface area contributed by atoms with Crippen LogP contribution in [0.15, 0.2) is 46.9 Å². The predicted octanol–water partition coefficient (Wildman–Crippen LogP) is 4.55. The van der Waals surface area contributed by atoms with Gasteiger partial charge in [-0.05, 0) is 62.9 Å². The van der Waals surface area contributed by atoms with E-state index in [1.54, 1.807) is 18.2 Å². The summed E-state index contributed by atoms with van der Waals surface area (Å²) in [5, 5.41) is 2.97. The highest BCUT2D eigenvalue weighted by molar-refractivity contribution is 9.10. The molecule has 9 heteroatoms. The van der Waals surface area contributed by atoms with Gasteiger partial charge in [-0.3, -0.25) is 13.9 Å². The minimum atomic E-state index is -3.76. The molecule has 0 spiro atoms. The first-order chi connectivity index (χ1) is 16.4. The number of aryl methyl sites for hydroxylation is 2. The van der Waals surface area contributed by atoms with Crippen LogP contribution in [0.4, 0.5) is 5.69 Å². The Labute approximate surface area is 218 Å². The highest BCUT2D eigenvalue weighted by Gasteiger charge is 2.32. The minimum absolute atomic E-state index is 0.0360. The molecule has 0 aliphatic heterocycles. The summed E-state index contributed by atoms with van der Waals surface area (Å²) in [5.74, 6) is -0.685. The molecule has 0 heterocycles. The molecule has 0 aliphatic rings. The van der Waals surface area contributed by atoms with E-state index < -0.39 is 28.5 Å². The van der Waals surface area contributed by atoms with Gasteiger partial charge in [0.15, 0.2) is 0 Å². The molecule has 0 saturated heterocycles. The summed E-state index contributed by atoms with van der Waals surface area (Å²) in [4.78, 5) is 28.3. The Morgan fingerprint density at radius 3 is 2.17 bits per heavy atom. The van der Waals surface area contributed by atoms with E-state index in [1.165, 1.54) is 4.90 Å². The number of benzene rings is 2. The lowest BCUT2D eigenvalue weighted by Gasteiger charge is -2.33. The number of carbonyl (C=O) groups excluding carboxylic acids is 2. The summed E-state index contributed by atoms with van der Waals surface area (Å²) in [7, 11) is -3.76. The van der Waals surface area contributed by atoms with Crippen molar-refractivity contribution >= 4 is 43.5 Å². The van der Waals surface area contributed by atoms with Gasteiger partial charge in [-0.25, -0.2) is 8.42 Å². The largest absolute Gasteiger partial charge is 0.352 e. The van der Waals surface area contributed by atoms with Gasteiger partial charge in [0.25, 0.3) is 0 Å². The lowest BCUT2D eigenvalue weighted by Crippen LogP contribution is -2.53. The fourth-order valence-corrected chi connectivity index (χ4v) is 4.74. The molecule has 0 unspecified atom stereocenters. The monoisotopic (exact) mass is 565 g/mol. The molecule has 35 heavy (non-hydrogen) atoms. The summed E-state index contributed by atoms with van der Waals surface area (Å²) in [5.41, 5.74) is 3.19. The van der Waals surface area contributed by atoms with Crippen LogP contribution >= 0.6 is 15.9 Å². The van der Waals surface area contributed by atoms with Crippen LogP contribution in [-0.2, 0) is 26.2 Å². The van der Waals surface area contributed by atoms with Gasteiger partial charge in [0.2, 0.25) is 21.8 Å². The fourth-order valence-electron chi connectivity index (χ4n) is 3.65. The van der Waals surface area contributed by atoms with Gasteiger partial charge in [0, 0.05) is 17.1 Å². The van der Waals surface area contributed by atoms with Crippen LogP contribution in [0.5, 0.6) is 0 Å². The molecular weight excluding hydrogens is 530 g/mol. The van der Waals surface area contributed by atoms with E-state index in [-0.39, 0.29) is 18.5 Å². The number of rotatable bonds is 11. The molecule has 1 N–H and O–H groups in total. The Morgan fingerprint density at radius 2 is 1.66 bits per heavy atom. The Balaban J connectivity index is 2.45. The third kappa shape index (κ3) is 8.07. The van der Waals surface area contributed by atoms with Crippen molar-refractivity contribution in [2.75, 3.05) is 17.1 Å². The number of sulfonamides is 1. The zero-order valence-electron chi connectivity index (χ0n) is 21.3. The molecule has 2 amide bonds. The van der Waals surface area contributed by atoms with Crippen molar-refractivity contribution in [1.82, 2.24) is 10.2 Å². The molecule has 2 aromatic rings. The molecule has 7 nitrogen and oxygen atoms in total. The number of amides is 2. The molecule has 0 aromatic heterocycles. The maximum atomic E-state index is 13.7. The third-order valence-electron chi connectivity index (χ3n) is 5.97. The van der Waals surface area contributed by atoms with Crippen molar-refractivity contribution in [3.63, 3.8) is 0 Å². The van der Waals surface area contributed by atoms with Crippen LogP contribution in [0.3, 0.4) is 0 Å². The molecular formula is C26H36BrN3O4S. The maximum Gasteiger partial charge on any atom is 0.244 e. The SMILES string of the molecule is CC[C@H](C(=O)N[C@@H](C)CC)N(Cc1ccc(C)cc1)C(=O)CN(c1ccc(Br)c(C)c1)S(C)(=O)=O. The van der Waals surface area contributed by atoms with Crippen molar-refractivity contribution < 1.29 is 18.0 Å². The molecule has 0 saturated carbocycles. The Hall–Kier alpha value is -2.39. The normalized spacial score (nSPS) is 13.1. The highest BCUT2D eigenvalue weighted by Crippen LogP contribution is 2.25. The number of carbonyl (C=O) groups is 2. The minimum Gasteiger partial charge on any atom is -0.352 e. The number of anilines is 1. The Morgan fingerprint density at radius 1 is 1.03 bits per heavy atom. The van der Waals surface area contributed by atoms with E-state index in [2.05, 4.69) is 21.2 Å². The zero-order chi connectivity index (χ0) is 26.3. The van der Waals surface area contributed by atoms with E-state index in [9.17, 15) is 18.0 Å². The topological polar surface area (TPSA) is 86.8 Å². The van der Waals surface area contributed by atoms with Crippen LogP contribution in [-0.4, -0.2) is 50.0 Å². The molecule has 0 aliphatic carbocycles. The second-order valence-corrected chi connectivity index (χ2v) is 11.7. The van der Waals surface area contributed by atoms with Gasteiger partial charge in [-0.15, -0.1) is 0 Å². The van der Waals surface area contributed by atoms with Crippen LogP contribution in [0.1, 0.15) is 50.3 Å². The molecule has 2 atom stereocenters. The first-order valence-electron chi connectivity index (χ1n) is 11.8. The van der Waals surface area contributed by atoms with Gasteiger partial charge >= 0.3 is 0 Å². The quantitative estimate of drug-likeness (QED) is 0.433. The highest BCUT2D eigenvalue weighted by atomic mass is 79.9. The molecule has 2 aromatic carbocycles. The number of halogens is 1. The van der Waals surface area contributed by atoms with Crippen LogP contribution < -0.4 is 9.62 Å². The van der Waals surface area contributed by atoms with Crippen molar-refractivity contribution in [3.05, 3.63) is 63.6 Å². The first-order valence-corrected chi connectivity index (χ1v) is 14.4. The zero-order valence-corrected chi connectivity index (χ0v) is 23.7. The number of nitrogens with one attached hydrogen (secondary N) is 1. The number of hydrogen-bond donors (Lipinski definition) is 1. The van der Waals surface area contributed by atoms with Crippen LogP contribution in [0, 0.1) is 13.8 Å². The van der Waals surface area contributed by atoms with Crippen molar-refractivity contribution in [3.8, 4) is 0 Å². The number of nitrogens with zero attached hydrogens (tertiary/aromatic N) is 2. The number of hydrogen-bond acceptors (Lipinski definition) is 4. The summed E-state index contributed by atoms with van der Waals surface area (Å²) < 4.78 is 27.3. The average molecular weight is 567 g/mol. The smallest absolute Gasteiger partial charge is 0.244 e. The van der Waals surface area contributed by atoms with E-state index in [1.807, 2.05) is 58.9 Å². The standard InChI is InChI=1S/C26H36BrN3O4S/c1-7-20(5)28-26(32)24(8-2)29(16-21-11-9-18(3)10-12-21)25(31)17-30(35(6,33)34)22-13-14-23(27)19(4)15-22/h9-15,20,24H,7-8,16-17H2,1-6H3,(H,28,32)/t20-,24+/m0/s1. The lowest BCUT2D eigenvalue weighted by molar-refractivity contribution is -0.140. The molecule has 2 rings (SSSR count). The Kier molecular flexibility index (Phi) is 10.3. The van der Waals surface area contributed by atoms with E-state index in [4.69, 9.17) is 0 Å². The summed E-state index contributed by atoms with van der Waals surface area (Å²) in [6, 6.07) is 12.1. The van der Waals surface area contributed by atoms with E-state index in [0.29, 0.717) is 12.1 Å². The van der Waals surface area contributed by atoms with Crippen LogP contribution in [0.2, 0.25) is 0 Å². The van der Waals surface area contributed by atoms with Crippen molar-refractivity contribution in [1.29, 1.82) is 0 Å². The van der Waals surface area contributed by atoms with Gasteiger partial charge in [0.1, 0.15) is 12.6 Å².